The molecule has 0 bridgehead atoms. The van der Waals surface area contributed by atoms with Gasteiger partial charge in [0.1, 0.15) is 8.07 Å². The molecule has 2 nitrogen and oxygen atoms in total. The zero-order valence-corrected chi connectivity index (χ0v) is 13.6. The Kier molecular flexibility index (Phi) is 6.24. The van der Waals surface area contributed by atoms with Crippen LogP contribution in [0.1, 0.15) is 11.8 Å². The summed E-state index contributed by atoms with van der Waals surface area (Å²) in [5, 5.41) is 9.93. The number of hydrogen-bond acceptors (Lipinski definition) is 1. The fraction of sp³-hybridized carbons (Fsp3) is 0.182. The summed E-state index contributed by atoms with van der Waals surface area (Å²) in [6.45, 7) is 8.16. The molecule has 1 aromatic rings. The van der Waals surface area contributed by atoms with E-state index in [1.165, 1.54) is 5.19 Å². The van der Waals surface area contributed by atoms with E-state index in [9.17, 15) is 4.79 Å². The molecule has 0 aliphatic heterocycles. The van der Waals surface area contributed by atoms with E-state index in [4.69, 9.17) is 5.11 Å². The van der Waals surface area contributed by atoms with Gasteiger partial charge in [-0.2, -0.15) is 0 Å². The molecule has 1 rings (SSSR count). The number of benzene rings is 1. The maximum atomic E-state index is 10.6. The molecule has 0 heterocycles. The van der Waals surface area contributed by atoms with Crippen molar-refractivity contribution in [3.63, 3.8) is 0 Å². The second-order valence-electron chi connectivity index (χ2n) is 3.81. The summed E-state index contributed by atoms with van der Waals surface area (Å²) in [6, 6.07) is 7.07. The number of rotatable bonds is 3. The number of carboxylic acid groups (broad SMARTS) is 1. The number of carbonyl (C=O) groups is 1. The molecule has 0 fully saturated rings. The molecule has 0 saturated heterocycles. The van der Waals surface area contributed by atoms with E-state index >= 15 is 0 Å². The Morgan fingerprint density at radius 3 is 2.20 bits per heavy atom. The zero-order chi connectivity index (χ0) is 10.8. The van der Waals surface area contributed by atoms with Gasteiger partial charge in [-0.15, -0.1) is 6.58 Å². The normalized spacial score (nSPS) is 10.3. The Bertz CT molecular complexity index is 363. The van der Waals surface area contributed by atoms with Crippen molar-refractivity contribution in [2.24, 2.45) is 0 Å². The minimum Gasteiger partial charge on any atom is -1.00 e. The minimum atomic E-state index is -1.54. The maximum absolute atomic E-state index is 10.6. The van der Waals surface area contributed by atoms with E-state index in [-0.39, 0.29) is 52.8 Å². The van der Waals surface area contributed by atoms with Crippen LogP contribution in [0.2, 0.25) is 13.1 Å². The molecule has 0 saturated carbocycles. The van der Waals surface area contributed by atoms with Crippen LogP contribution in [0.25, 0.3) is 0 Å². The predicted molar refractivity (Wildman–Crippen MR) is 61.8 cm³/mol. The Hall–Kier alpha value is 0.283. The summed E-state index contributed by atoms with van der Waals surface area (Å²) in [5.41, 5.74) is 2.32. The minimum absolute atomic E-state index is 0. The third-order valence-electron chi connectivity index (χ3n) is 2.39. The molecule has 0 spiro atoms. The van der Waals surface area contributed by atoms with Crippen molar-refractivity contribution < 1.29 is 62.7 Å². The van der Waals surface area contributed by atoms with Gasteiger partial charge in [0.2, 0.25) is 0 Å². The monoisotopic (exact) mass is 246 g/mol. The van der Waals surface area contributed by atoms with Crippen molar-refractivity contribution in [2.45, 2.75) is 13.1 Å². The van der Waals surface area contributed by atoms with Gasteiger partial charge in [0.15, 0.2) is 0 Å². The third kappa shape index (κ3) is 3.98. The first-order valence-corrected chi connectivity index (χ1v) is 7.52. The molecule has 0 aliphatic carbocycles. The topological polar surface area (TPSA) is 37.3 Å². The molecule has 0 atom stereocenters. The van der Waals surface area contributed by atoms with E-state index in [0.717, 1.165) is 0 Å². The number of carboxylic acids is 1. The summed E-state index contributed by atoms with van der Waals surface area (Å²) in [4.78, 5) is 10.6. The van der Waals surface area contributed by atoms with Crippen molar-refractivity contribution in [3.8, 4) is 0 Å². The molecule has 0 aliphatic rings. The van der Waals surface area contributed by atoms with Crippen molar-refractivity contribution >= 4 is 19.2 Å². The number of aromatic carboxylic acids is 1. The van der Waals surface area contributed by atoms with Gasteiger partial charge in [-0.1, -0.05) is 36.1 Å². The fourth-order valence-electron chi connectivity index (χ4n) is 1.16. The molecular weight excluding hydrogens is 231 g/mol. The van der Waals surface area contributed by atoms with Crippen LogP contribution >= 0.6 is 0 Å². The quantitative estimate of drug-likeness (QED) is 0.705. The molecule has 0 aromatic heterocycles. The van der Waals surface area contributed by atoms with Crippen LogP contribution in [0.3, 0.4) is 0 Å². The van der Waals surface area contributed by atoms with Crippen LogP contribution in [0.4, 0.5) is 0 Å². The third-order valence-corrected chi connectivity index (χ3v) is 5.23. The van der Waals surface area contributed by atoms with E-state index in [0.29, 0.717) is 5.56 Å². The largest absolute Gasteiger partial charge is 1.00 e. The average molecular weight is 246 g/mol. The van der Waals surface area contributed by atoms with E-state index in [1.807, 2.05) is 17.8 Å². The number of hydrogen-bond donors (Lipinski definition) is 1. The van der Waals surface area contributed by atoms with Crippen LogP contribution in [0.5, 0.6) is 0 Å². The fourth-order valence-corrected chi connectivity index (χ4v) is 2.42. The average Bonchev–Trinajstić information content (AvgIpc) is 2.18. The van der Waals surface area contributed by atoms with Crippen molar-refractivity contribution in [1.82, 2.24) is 0 Å². The Labute approximate surface area is 135 Å². The predicted octanol–water partition coefficient (Wildman–Crippen LogP) is -0.858. The van der Waals surface area contributed by atoms with Crippen molar-refractivity contribution in [1.29, 1.82) is 0 Å². The van der Waals surface area contributed by atoms with Gasteiger partial charge >= 0.3 is 57.4 Å². The van der Waals surface area contributed by atoms with Gasteiger partial charge < -0.3 is 6.53 Å². The summed E-state index contributed by atoms with van der Waals surface area (Å²) in [7, 11) is -1.54. The molecule has 4 heteroatoms. The van der Waals surface area contributed by atoms with Gasteiger partial charge in [0.05, 0.1) is 5.56 Å². The molecule has 0 unspecified atom stereocenters. The van der Waals surface area contributed by atoms with Crippen LogP contribution < -0.4 is 56.6 Å². The van der Waals surface area contributed by atoms with E-state index < -0.39 is 14.0 Å². The van der Waals surface area contributed by atoms with Crippen LogP contribution in [-0.4, -0.2) is 19.1 Å². The zero-order valence-electron chi connectivity index (χ0n) is 10.4. The molecule has 1 N–H and O–H groups in total. The van der Waals surface area contributed by atoms with Crippen LogP contribution in [0, 0.1) is 0 Å². The van der Waals surface area contributed by atoms with E-state index in [2.05, 4.69) is 19.7 Å². The van der Waals surface area contributed by atoms with Gasteiger partial charge in [-0.3, -0.25) is 0 Å². The maximum Gasteiger partial charge on any atom is 1.00 e. The first kappa shape index (κ1) is 15.3. The summed E-state index contributed by atoms with van der Waals surface area (Å²) in [5.74, 6) is -0.880. The summed E-state index contributed by atoms with van der Waals surface area (Å²) < 4.78 is 0. The first-order valence-electron chi connectivity index (χ1n) is 4.45. The first-order chi connectivity index (χ1) is 6.47. The molecule has 1 aromatic carbocycles. The standard InChI is InChI=1S/C11H14O2Si.K.H/c1-4-14(2,3)10-7-5-9(6-8-10)11(12)13;;/h4-8H,1H2,2-3H3,(H,12,13);;/q;+1;-1. The Balaban J connectivity index is 0. The molecule has 15 heavy (non-hydrogen) atoms. The summed E-state index contributed by atoms with van der Waals surface area (Å²) in [6.07, 6.45) is 0. The van der Waals surface area contributed by atoms with E-state index in [1.54, 1.807) is 12.1 Å². The van der Waals surface area contributed by atoms with Crippen LogP contribution in [0.15, 0.2) is 36.5 Å². The van der Waals surface area contributed by atoms with Gasteiger partial charge in [-0.05, 0) is 12.1 Å². The summed E-state index contributed by atoms with van der Waals surface area (Å²) >= 11 is 0. The smallest absolute Gasteiger partial charge is 1.00 e. The Morgan fingerprint density at radius 1 is 1.40 bits per heavy atom. The molecule has 0 amide bonds. The van der Waals surface area contributed by atoms with Gasteiger partial charge in [-0.25, -0.2) is 4.79 Å². The van der Waals surface area contributed by atoms with Crippen molar-refractivity contribution in [3.05, 3.63) is 42.1 Å². The second-order valence-corrected chi connectivity index (χ2v) is 8.24. The van der Waals surface area contributed by atoms with Gasteiger partial charge in [0, 0.05) is 0 Å². The van der Waals surface area contributed by atoms with Crippen LogP contribution in [-0.2, 0) is 0 Å². The second kappa shape index (κ2) is 6.13. The Morgan fingerprint density at radius 2 is 1.87 bits per heavy atom. The van der Waals surface area contributed by atoms with Crippen molar-refractivity contribution in [2.75, 3.05) is 0 Å². The molecule has 0 radical (unpaired) electrons. The SMILES string of the molecule is C=C[Si](C)(C)c1ccc(C(=O)O)cc1.[H-].[K+]. The molecule has 76 valence electrons. The van der Waals surface area contributed by atoms with Gasteiger partial charge in [0.25, 0.3) is 0 Å². The molecular formula is C11H15KO2Si.